The maximum Gasteiger partial charge on any atom is 0.228 e. The van der Waals surface area contributed by atoms with Crippen LogP contribution in [0.3, 0.4) is 0 Å². The maximum atomic E-state index is 12.9. The minimum atomic E-state index is -0.831. The van der Waals surface area contributed by atoms with Crippen molar-refractivity contribution in [2.75, 3.05) is 45.9 Å². The SMILES string of the molecule is O=C(C1CN(C(O)NCC(O)CN2CCc3ccccc3C2)C1)N1C2CCC1COC2. The Bertz CT molecular complexity index is 771. The molecule has 1 aromatic carbocycles. The van der Waals surface area contributed by atoms with Crippen LogP contribution in [-0.4, -0.2) is 101 Å². The fraction of sp³-hybridized carbons (Fsp3) is 0.696. The monoisotopic (exact) mass is 430 g/mol. The summed E-state index contributed by atoms with van der Waals surface area (Å²) < 4.78 is 5.57. The summed E-state index contributed by atoms with van der Waals surface area (Å²) >= 11 is 0. The molecule has 2 bridgehead atoms. The molecule has 4 atom stereocenters. The molecule has 4 aliphatic rings. The first-order valence-electron chi connectivity index (χ1n) is 11.6. The highest BCUT2D eigenvalue weighted by atomic mass is 16.5. The Morgan fingerprint density at radius 2 is 1.84 bits per heavy atom. The molecular formula is C23H34N4O4. The minimum absolute atomic E-state index is 0.0454. The smallest absolute Gasteiger partial charge is 0.228 e. The van der Waals surface area contributed by atoms with Crippen LogP contribution in [0.2, 0.25) is 0 Å². The van der Waals surface area contributed by atoms with E-state index in [0.29, 0.717) is 39.4 Å². The molecule has 3 saturated heterocycles. The van der Waals surface area contributed by atoms with E-state index in [0.717, 1.165) is 32.4 Å². The molecule has 3 fully saturated rings. The number of carbonyl (C=O) groups excluding carboxylic acids is 1. The van der Waals surface area contributed by atoms with Crippen molar-refractivity contribution in [3.05, 3.63) is 35.4 Å². The first kappa shape index (κ1) is 21.3. The Hall–Kier alpha value is -1.55. The van der Waals surface area contributed by atoms with Gasteiger partial charge in [-0.3, -0.25) is 19.9 Å². The van der Waals surface area contributed by atoms with Gasteiger partial charge in [0, 0.05) is 39.3 Å². The molecule has 4 heterocycles. The highest BCUT2D eigenvalue weighted by Crippen LogP contribution is 2.32. The van der Waals surface area contributed by atoms with Crippen molar-refractivity contribution in [1.82, 2.24) is 20.0 Å². The lowest BCUT2D eigenvalue weighted by atomic mass is 9.97. The maximum absolute atomic E-state index is 12.9. The Balaban J connectivity index is 1.02. The Kier molecular flexibility index (Phi) is 6.28. The summed E-state index contributed by atoms with van der Waals surface area (Å²) in [5.41, 5.74) is 2.73. The molecular weight excluding hydrogens is 396 g/mol. The molecule has 1 amide bonds. The molecule has 0 spiro atoms. The van der Waals surface area contributed by atoms with Crippen molar-refractivity contribution >= 4 is 5.91 Å². The molecule has 3 N–H and O–H groups in total. The molecule has 0 aromatic heterocycles. The van der Waals surface area contributed by atoms with E-state index in [2.05, 4.69) is 34.5 Å². The fourth-order valence-corrected chi connectivity index (χ4v) is 5.51. The highest BCUT2D eigenvalue weighted by molar-refractivity contribution is 5.81. The van der Waals surface area contributed by atoms with E-state index >= 15 is 0 Å². The first-order valence-corrected chi connectivity index (χ1v) is 11.6. The van der Waals surface area contributed by atoms with Crippen LogP contribution < -0.4 is 5.32 Å². The van der Waals surface area contributed by atoms with E-state index in [1.165, 1.54) is 11.1 Å². The van der Waals surface area contributed by atoms with Crippen LogP contribution in [0.25, 0.3) is 0 Å². The molecule has 31 heavy (non-hydrogen) atoms. The average molecular weight is 431 g/mol. The molecule has 5 rings (SSSR count). The Morgan fingerprint density at radius 3 is 2.58 bits per heavy atom. The summed E-state index contributed by atoms with van der Waals surface area (Å²) in [6.07, 6.45) is 1.70. The zero-order valence-electron chi connectivity index (χ0n) is 18.0. The third-order valence-corrected chi connectivity index (χ3v) is 7.31. The van der Waals surface area contributed by atoms with Crippen molar-refractivity contribution in [1.29, 1.82) is 0 Å². The number of benzene rings is 1. The third kappa shape index (κ3) is 4.51. The number of hydrogen-bond donors (Lipinski definition) is 3. The van der Waals surface area contributed by atoms with Gasteiger partial charge in [0.1, 0.15) is 0 Å². The van der Waals surface area contributed by atoms with Crippen molar-refractivity contribution in [2.24, 2.45) is 5.92 Å². The number of aliphatic hydroxyl groups excluding tert-OH is 2. The lowest BCUT2D eigenvalue weighted by molar-refractivity contribution is -0.158. The van der Waals surface area contributed by atoms with Crippen LogP contribution in [-0.2, 0) is 22.5 Å². The van der Waals surface area contributed by atoms with Gasteiger partial charge in [0.15, 0.2) is 6.35 Å². The highest BCUT2D eigenvalue weighted by Gasteiger charge is 2.46. The quantitative estimate of drug-likeness (QED) is 0.507. The van der Waals surface area contributed by atoms with Crippen molar-refractivity contribution < 1.29 is 19.7 Å². The summed E-state index contributed by atoms with van der Waals surface area (Å²) in [5.74, 6) is 0.167. The van der Waals surface area contributed by atoms with E-state index in [1.807, 2.05) is 9.80 Å². The van der Waals surface area contributed by atoms with E-state index in [4.69, 9.17) is 4.74 Å². The van der Waals surface area contributed by atoms with Crippen molar-refractivity contribution in [3.8, 4) is 0 Å². The second-order valence-corrected chi connectivity index (χ2v) is 9.51. The van der Waals surface area contributed by atoms with Gasteiger partial charge in [0.2, 0.25) is 5.91 Å². The number of β-amino-alcohol motifs (C(OH)–C–C–N with tert-alkyl or cyclic N) is 1. The number of hydrogen-bond acceptors (Lipinski definition) is 7. The summed E-state index contributed by atoms with van der Waals surface area (Å²) in [6, 6.07) is 8.94. The van der Waals surface area contributed by atoms with Gasteiger partial charge in [-0.15, -0.1) is 0 Å². The van der Waals surface area contributed by atoms with Crippen LogP contribution in [0.1, 0.15) is 24.0 Å². The van der Waals surface area contributed by atoms with E-state index in [-0.39, 0.29) is 23.9 Å². The number of nitrogens with one attached hydrogen (secondary N) is 1. The lowest BCUT2D eigenvalue weighted by Gasteiger charge is -2.45. The van der Waals surface area contributed by atoms with E-state index < -0.39 is 12.5 Å². The zero-order valence-corrected chi connectivity index (χ0v) is 18.0. The predicted molar refractivity (Wildman–Crippen MR) is 115 cm³/mol. The average Bonchev–Trinajstić information content (AvgIpc) is 2.99. The number of aliphatic hydroxyl groups is 2. The molecule has 170 valence electrons. The number of ether oxygens (including phenoxy) is 1. The minimum Gasteiger partial charge on any atom is -0.390 e. The summed E-state index contributed by atoms with van der Waals surface area (Å²) in [4.78, 5) is 19.0. The first-order chi connectivity index (χ1) is 15.1. The van der Waals surface area contributed by atoms with E-state index in [9.17, 15) is 15.0 Å². The summed E-state index contributed by atoms with van der Waals surface area (Å²) in [7, 11) is 0. The van der Waals surface area contributed by atoms with Crippen LogP contribution in [0.4, 0.5) is 0 Å². The van der Waals surface area contributed by atoms with Gasteiger partial charge >= 0.3 is 0 Å². The molecule has 4 unspecified atom stereocenters. The second-order valence-electron chi connectivity index (χ2n) is 9.51. The molecule has 8 heteroatoms. The molecule has 8 nitrogen and oxygen atoms in total. The summed E-state index contributed by atoms with van der Waals surface area (Å²) in [6.45, 7) is 5.13. The van der Waals surface area contributed by atoms with Gasteiger partial charge in [-0.05, 0) is 30.4 Å². The summed E-state index contributed by atoms with van der Waals surface area (Å²) in [5, 5.41) is 23.9. The van der Waals surface area contributed by atoms with E-state index in [1.54, 1.807) is 0 Å². The number of carbonyl (C=O) groups is 1. The standard InChI is InChI=1S/C23H34N4O4/c28-21(13-25-8-7-16-3-1-2-4-17(16)10-25)9-24-23(30)26-11-18(12-26)22(29)27-19-5-6-20(27)15-31-14-19/h1-4,18-21,23-24,28,30H,5-15H2. The second kappa shape index (κ2) is 9.13. The van der Waals surface area contributed by atoms with Crippen LogP contribution >= 0.6 is 0 Å². The number of morpholine rings is 1. The third-order valence-electron chi connectivity index (χ3n) is 7.31. The number of likely N-dealkylation sites (tertiary alicyclic amines) is 1. The lowest BCUT2D eigenvalue weighted by Crippen LogP contribution is -2.63. The number of fused-ring (bicyclic) bond motifs is 3. The molecule has 4 aliphatic heterocycles. The fourth-order valence-electron chi connectivity index (χ4n) is 5.51. The van der Waals surface area contributed by atoms with Crippen LogP contribution in [0.15, 0.2) is 24.3 Å². The van der Waals surface area contributed by atoms with Gasteiger partial charge in [-0.2, -0.15) is 0 Å². The number of rotatable bonds is 7. The van der Waals surface area contributed by atoms with Gasteiger partial charge in [0.25, 0.3) is 0 Å². The van der Waals surface area contributed by atoms with Crippen molar-refractivity contribution in [3.63, 3.8) is 0 Å². The molecule has 0 saturated carbocycles. The van der Waals surface area contributed by atoms with Gasteiger partial charge in [-0.1, -0.05) is 24.3 Å². The largest absolute Gasteiger partial charge is 0.390 e. The van der Waals surface area contributed by atoms with Gasteiger partial charge in [-0.25, -0.2) is 0 Å². The number of nitrogens with zero attached hydrogens (tertiary/aromatic N) is 3. The molecule has 1 aromatic rings. The zero-order chi connectivity index (χ0) is 21.4. The van der Waals surface area contributed by atoms with Gasteiger partial charge in [0.05, 0.1) is 37.3 Å². The van der Waals surface area contributed by atoms with Crippen LogP contribution in [0, 0.1) is 5.92 Å². The van der Waals surface area contributed by atoms with Crippen molar-refractivity contribution in [2.45, 2.75) is 50.3 Å². The molecule has 0 aliphatic carbocycles. The number of amides is 1. The molecule has 0 radical (unpaired) electrons. The van der Waals surface area contributed by atoms with Gasteiger partial charge < -0.3 is 19.8 Å². The normalized spacial score (nSPS) is 28.8. The predicted octanol–water partition coefficient (Wildman–Crippen LogP) is -0.407. The van der Waals surface area contributed by atoms with Crippen LogP contribution in [0.5, 0.6) is 0 Å². The topological polar surface area (TPSA) is 88.5 Å². The Labute approximate surface area is 183 Å². The Morgan fingerprint density at radius 1 is 1.13 bits per heavy atom.